The standard InChI is InChI=1S/C14H16ClF2NO3/c1-14(2,3)21-13(20)18(4)12(7-19)8-5-11(17)9(15)6-10(8)16/h5-7,12H,1-4H3. The lowest BCUT2D eigenvalue weighted by atomic mass is 10.1. The molecule has 1 aromatic rings. The third-order valence-electron chi connectivity index (χ3n) is 2.59. The number of nitrogens with zero attached hydrogens (tertiary/aromatic N) is 1. The molecule has 1 atom stereocenters. The molecule has 116 valence electrons. The largest absolute Gasteiger partial charge is 0.444 e. The quantitative estimate of drug-likeness (QED) is 0.630. The molecule has 0 aliphatic rings. The molecule has 0 heterocycles. The number of rotatable bonds is 3. The first-order chi connectivity index (χ1) is 9.56. The number of hydrogen-bond donors (Lipinski definition) is 0. The number of carbonyl (C=O) groups excluding carboxylic acids is 2. The maximum Gasteiger partial charge on any atom is 0.410 e. The Morgan fingerprint density at radius 1 is 1.33 bits per heavy atom. The van der Waals surface area contributed by atoms with Gasteiger partial charge in [-0.2, -0.15) is 0 Å². The molecule has 0 aliphatic carbocycles. The molecule has 0 spiro atoms. The Morgan fingerprint density at radius 3 is 2.38 bits per heavy atom. The Balaban J connectivity index is 3.11. The van der Waals surface area contributed by atoms with Gasteiger partial charge in [0.25, 0.3) is 0 Å². The predicted octanol–water partition coefficient (Wildman–Crippen LogP) is 3.73. The second-order valence-electron chi connectivity index (χ2n) is 5.46. The topological polar surface area (TPSA) is 46.6 Å². The van der Waals surface area contributed by atoms with Crippen molar-refractivity contribution < 1.29 is 23.1 Å². The monoisotopic (exact) mass is 319 g/mol. The molecule has 1 rings (SSSR count). The molecule has 7 heteroatoms. The van der Waals surface area contributed by atoms with Gasteiger partial charge in [0, 0.05) is 12.6 Å². The SMILES string of the molecule is CN(C(=O)OC(C)(C)C)C(C=O)c1cc(F)c(Cl)cc1F. The molecule has 21 heavy (non-hydrogen) atoms. The van der Waals surface area contributed by atoms with Gasteiger partial charge in [0.15, 0.2) is 0 Å². The first kappa shape index (κ1) is 17.4. The third-order valence-corrected chi connectivity index (χ3v) is 2.88. The van der Waals surface area contributed by atoms with Crippen molar-refractivity contribution in [2.24, 2.45) is 0 Å². The summed E-state index contributed by atoms with van der Waals surface area (Å²) < 4.78 is 32.4. The second-order valence-corrected chi connectivity index (χ2v) is 5.87. The van der Waals surface area contributed by atoms with Crippen LogP contribution in [0.1, 0.15) is 32.4 Å². The number of aldehydes is 1. The molecule has 0 aliphatic heterocycles. The maximum atomic E-state index is 13.8. The normalized spacial score (nSPS) is 12.7. The molecule has 1 aromatic carbocycles. The van der Waals surface area contributed by atoms with Crippen LogP contribution in [0.2, 0.25) is 5.02 Å². The van der Waals surface area contributed by atoms with Gasteiger partial charge >= 0.3 is 6.09 Å². The van der Waals surface area contributed by atoms with Crippen LogP contribution in [0, 0.1) is 11.6 Å². The number of likely N-dealkylation sites (N-methyl/N-ethyl adjacent to an activating group) is 1. The Morgan fingerprint density at radius 2 is 1.90 bits per heavy atom. The van der Waals surface area contributed by atoms with E-state index in [9.17, 15) is 18.4 Å². The molecule has 4 nitrogen and oxygen atoms in total. The van der Waals surface area contributed by atoms with Crippen LogP contribution >= 0.6 is 11.6 Å². The zero-order chi connectivity index (χ0) is 16.4. The highest BCUT2D eigenvalue weighted by Crippen LogP contribution is 2.27. The van der Waals surface area contributed by atoms with E-state index in [1.807, 2.05) is 0 Å². The second kappa shape index (κ2) is 6.39. The van der Waals surface area contributed by atoms with Crippen LogP contribution in [0.3, 0.4) is 0 Å². The predicted molar refractivity (Wildman–Crippen MR) is 74.2 cm³/mol. The summed E-state index contributed by atoms with van der Waals surface area (Å²) in [6.45, 7) is 4.95. The van der Waals surface area contributed by atoms with Crippen LogP contribution < -0.4 is 0 Å². The fourth-order valence-electron chi connectivity index (χ4n) is 1.59. The molecule has 0 radical (unpaired) electrons. The Bertz CT molecular complexity index is 558. The molecule has 0 saturated carbocycles. The lowest BCUT2D eigenvalue weighted by Crippen LogP contribution is -2.37. The van der Waals surface area contributed by atoms with Gasteiger partial charge in [0.2, 0.25) is 0 Å². The Labute approximate surface area is 126 Å². The number of benzene rings is 1. The molecule has 1 unspecified atom stereocenters. The fourth-order valence-corrected chi connectivity index (χ4v) is 1.74. The highest BCUT2D eigenvalue weighted by Gasteiger charge is 2.28. The average molecular weight is 320 g/mol. The summed E-state index contributed by atoms with van der Waals surface area (Å²) in [6.07, 6.45) is -0.496. The molecular formula is C14H16ClF2NO3. The van der Waals surface area contributed by atoms with Gasteiger partial charge in [-0.1, -0.05) is 11.6 Å². The van der Waals surface area contributed by atoms with E-state index in [1.165, 1.54) is 7.05 Å². The van der Waals surface area contributed by atoms with Crippen molar-refractivity contribution in [1.82, 2.24) is 4.90 Å². The summed E-state index contributed by atoms with van der Waals surface area (Å²) in [5, 5.41) is -0.402. The number of amides is 1. The summed E-state index contributed by atoms with van der Waals surface area (Å²) in [5.74, 6) is -1.76. The van der Waals surface area contributed by atoms with Gasteiger partial charge in [-0.3, -0.25) is 4.90 Å². The van der Waals surface area contributed by atoms with Crippen molar-refractivity contribution in [2.75, 3.05) is 7.05 Å². The van der Waals surface area contributed by atoms with Gasteiger partial charge in [-0.25, -0.2) is 13.6 Å². The molecule has 0 aromatic heterocycles. The molecule has 0 bridgehead atoms. The number of ether oxygens (including phenoxy) is 1. The highest BCUT2D eigenvalue weighted by molar-refractivity contribution is 6.30. The first-order valence-electron chi connectivity index (χ1n) is 6.12. The van der Waals surface area contributed by atoms with Gasteiger partial charge < -0.3 is 9.53 Å². The van der Waals surface area contributed by atoms with Crippen molar-refractivity contribution in [1.29, 1.82) is 0 Å². The van der Waals surface area contributed by atoms with Crippen molar-refractivity contribution >= 4 is 24.0 Å². The van der Waals surface area contributed by atoms with Crippen LogP contribution in [0.4, 0.5) is 13.6 Å². The van der Waals surface area contributed by atoms with E-state index in [-0.39, 0.29) is 5.56 Å². The minimum atomic E-state index is -1.31. The lowest BCUT2D eigenvalue weighted by Gasteiger charge is -2.28. The van der Waals surface area contributed by atoms with Crippen LogP contribution in [0.5, 0.6) is 0 Å². The maximum absolute atomic E-state index is 13.8. The minimum Gasteiger partial charge on any atom is -0.444 e. The number of halogens is 3. The van der Waals surface area contributed by atoms with Crippen LogP contribution in [0.15, 0.2) is 12.1 Å². The average Bonchev–Trinajstić information content (AvgIpc) is 2.34. The van der Waals surface area contributed by atoms with E-state index in [0.717, 1.165) is 17.0 Å². The van der Waals surface area contributed by atoms with Crippen LogP contribution in [0.25, 0.3) is 0 Å². The minimum absolute atomic E-state index is 0.291. The summed E-state index contributed by atoms with van der Waals surface area (Å²) in [6, 6.07) is 0.232. The third kappa shape index (κ3) is 4.39. The lowest BCUT2D eigenvalue weighted by molar-refractivity contribution is -0.112. The van der Waals surface area contributed by atoms with Gasteiger partial charge in [0.05, 0.1) is 5.02 Å². The summed E-state index contributed by atoms with van der Waals surface area (Å²) in [5.41, 5.74) is -1.07. The Hall–Kier alpha value is -1.69. The number of hydrogen-bond acceptors (Lipinski definition) is 3. The van der Waals surface area contributed by atoms with E-state index in [0.29, 0.717) is 6.29 Å². The highest BCUT2D eigenvalue weighted by atomic mass is 35.5. The van der Waals surface area contributed by atoms with E-state index >= 15 is 0 Å². The van der Waals surface area contributed by atoms with Crippen LogP contribution in [-0.4, -0.2) is 29.9 Å². The van der Waals surface area contributed by atoms with E-state index in [2.05, 4.69) is 0 Å². The molecule has 1 amide bonds. The summed E-state index contributed by atoms with van der Waals surface area (Å²) in [7, 11) is 1.26. The van der Waals surface area contributed by atoms with Crippen molar-refractivity contribution in [3.63, 3.8) is 0 Å². The fraction of sp³-hybridized carbons (Fsp3) is 0.429. The summed E-state index contributed by atoms with van der Waals surface area (Å²) >= 11 is 5.45. The molecular weight excluding hydrogens is 304 g/mol. The van der Waals surface area contributed by atoms with Gasteiger partial charge in [-0.05, 0) is 32.9 Å². The molecule has 0 fully saturated rings. The van der Waals surface area contributed by atoms with E-state index in [4.69, 9.17) is 16.3 Å². The van der Waals surface area contributed by atoms with Crippen molar-refractivity contribution in [2.45, 2.75) is 32.4 Å². The van der Waals surface area contributed by atoms with Crippen LogP contribution in [-0.2, 0) is 9.53 Å². The number of carbonyl (C=O) groups is 2. The molecule has 0 saturated heterocycles. The van der Waals surface area contributed by atoms with Gasteiger partial charge in [0.1, 0.15) is 29.6 Å². The van der Waals surface area contributed by atoms with Gasteiger partial charge in [-0.15, -0.1) is 0 Å². The van der Waals surface area contributed by atoms with E-state index < -0.39 is 34.4 Å². The molecule has 0 N–H and O–H groups in total. The first-order valence-corrected chi connectivity index (χ1v) is 6.50. The van der Waals surface area contributed by atoms with E-state index in [1.54, 1.807) is 20.8 Å². The zero-order valence-corrected chi connectivity index (χ0v) is 12.9. The summed E-state index contributed by atoms with van der Waals surface area (Å²) in [4.78, 5) is 24.0. The Kier molecular flexibility index (Phi) is 5.28. The van der Waals surface area contributed by atoms with Crippen molar-refractivity contribution in [3.8, 4) is 0 Å². The zero-order valence-electron chi connectivity index (χ0n) is 12.1. The van der Waals surface area contributed by atoms with Crippen molar-refractivity contribution in [3.05, 3.63) is 34.4 Å². The smallest absolute Gasteiger partial charge is 0.410 e.